The topological polar surface area (TPSA) is 197 Å². The third kappa shape index (κ3) is 4.67. The number of nitrogens with two attached hydrogens (primary N) is 1. The van der Waals surface area contributed by atoms with Gasteiger partial charge in [-0.2, -0.15) is 9.78 Å². The predicted molar refractivity (Wildman–Crippen MR) is 106 cm³/mol. The lowest BCUT2D eigenvalue weighted by molar-refractivity contribution is -0.402. The van der Waals surface area contributed by atoms with E-state index in [2.05, 4.69) is 40.7 Å². The SMILES string of the molecule is Cl.Nc1nonc1-n1nnc(CN2CCCC2)c1C(=O)N/N=C/c1ccc([N+](=O)[O-])o1. The highest BCUT2D eigenvalue weighted by Gasteiger charge is 2.26. The quantitative estimate of drug-likeness (QED) is 0.287. The number of halogens is 1. The monoisotopic (exact) mass is 452 g/mol. The Kier molecular flexibility index (Phi) is 6.56. The largest absolute Gasteiger partial charge is 0.433 e. The Morgan fingerprint density at radius 1 is 1.35 bits per heavy atom. The third-order valence-electron chi connectivity index (χ3n) is 4.37. The van der Waals surface area contributed by atoms with Gasteiger partial charge in [0.1, 0.15) is 10.6 Å². The average molecular weight is 453 g/mol. The number of likely N-dealkylation sites (tertiary alicyclic amines) is 1. The smallest absolute Gasteiger partial charge is 0.400 e. The van der Waals surface area contributed by atoms with E-state index in [9.17, 15) is 14.9 Å². The van der Waals surface area contributed by atoms with Gasteiger partial charge in [0.05, 0.1) is 12.3 Å². The van der Waals surface area contributed by atoms with Crippen LogP contribution in [0.1, 0.15) is 34.8 Å². The number of nitro groups is 1. The summed E-state index contributed by atoms with van der Waals surface area (Å²) >= 11 is 0. The minimum atomic E-state index is -0.679. The second kappa shape index (κ2) is 9.31. The zero-order valence-corrected chi connectivity index (χ0v) is 16.7. The summed E-state index contributed by atoms with van der Waals surface area (Å²) < 4.78 is 10.7. The molecule has 0 radical (unpaired) electrons. The van der Waals surface area contributed by atoms with E-state index in [1.54, 1.807) is 0 Å². The molecule has 3 aromatic heterocycles. The van der Waals surface area contributed by atoms with E-state index in [1.807, 2.05) is 0 Å². The zero-order valence-electron chi connectivity index (χ0n) is 15.9. The Hall–Kier alpha value is -3.85. The standard InChI is InChI=1S/C15H16N10O5.ClH/c16-13-14(21-30-20-13)24-12(10(18-22-24)8-23-5-1-2-6-23)15(26)19-17-7-9-3-4-11(29-9)25(27)28;/h3-4,7H,1-2,5-6,8H2,(H2,16,20)(H,19,26);1H/b17-7+;. The van der Waals surface area contributed by atoms with E-state index in [1.165, 1.54) is 12.1 Å². The molecule has 164 valence electrons. The first kappa shape index (κ1) is 21.8. The van der Waals surface area contributed by atoms with Crippen molar-refractivity contribution in [3.8, 4) is 5.82 Å². The van der Waals surface area contributed by atoms with Gasteiger partial charge in [-0.3, -0.25) is 19.8 Å². The number of furan rings is 1. The number of rotatable bonds is 7. The molecule has 16 heteroatoms. The van der Waals surface area contributed by atoms with Gasteiger partial charge >= 0.3 is 5.88 Å². The number of carbonyl (C=O) groups is 1. The lowest BCUT2D eigenvalue weighted by Crippen LogP contribution is -2.26. The van der Waals surface area contributed by atoms with Crippen LogP contribution in [-0.2, 0) is 6.54 Å². The molecule has 1 amide bonds. The molecule has 0 atom stereocenters. The molecule has 3 N–H and O–H groups in total. The predicted octanol–water partition coefficient (Wildman–Crippen LogP) is 0.515. The van der Waals surface area contributed by atoms with Gasteiger partial charge in [0.25, 0.3) is 5.91 Å². The molecule has 0 saturated carbocycles. The summed E-state index contributed by atoms with van der Waals surface area (Å²) in [7, 11) is 0. The van der Waals surface area contributed by atoms with Crippen molar-refractivity contribution >= 4 is 36.2 Å². The Morgan fingerprint density at radius 3 is 2.77 bits per heavy atom. The van der Waals surface area contributed by atoms with Crippen LogP contribution in [0.25, 0.3) is 5.82 Å². The Bertz CT molecular complexity index is 1100. The molecular weight excluding hydrogens is 436 g/mol. The van der Waals surface area contributed by atoms with Crippen LogP contribution in [0.3, 0.4) is 0 Å². The molecule has 1 saturated heterocycles. The van der Waals surface area contributed by atoms with Crippen LogP contribution in [0.4, 0.5) is 11.7 Å². The number of amides is 1. The van der Waals surface area contributed by atoms with Gasteiger partial charge in [0, 0.05) is 6.54 Å². The van der Waals surface area contributed by atoms with E-state index in [-0.39, 0.29) is 35.5 Å². The molecule has 0 unspecified atom stereocenters. The van der Waals surface area contributed by atoms with Gasteiger partial charge in [-0.05, 0) is 42.3 Å². The minimum Gasteiger partial charge on any atom is -0.400 e. The van der Waals surface area contributed by atoms with E-state index in [4.69, 9.17) is 10.2 Å². The Balaban J connectivity index is 0.00000272. The van der Waals surface area contributed by atoms with Crippen molar-refractivity contribution in [1.29, 1.82) is 0 Å². The lowest BCUT2D eigenvalue weighted by Gasteiger charge is -2.13. The van der Waals surface area contributed by atoms with Crippen LogP contribution in [0.15, 0.2) is 26.3 Å². The maximum absolute atomic E-state index is 12.8. The molecule has 3 aromatic rings. The highest BCUT2D eigenvalue weighted by Crippen LogP contribution is 2.19. The summed E-state index contributed by atoms with van der Waals surface area (Å²) in [4.78, 5) is 24.9. The van der Waals surface area contributed by atoms with Crippen LogP contribution in [0, 0.1) is 10.1 Å². The summed E-state index contributed by atoms with van der Waals surface area (Å²) in [6.07, 6.45) is 3.26. The summed E-state index contributed by atoms with van der Waals surface area (Å²) in [5.74, 6) is -1.03. The van der Waals surface area contributed by atoms with Crippen molar-refractivity contribution in [2.75, 3.05) is 18.8 Å². The minimum absolute atomic E-state index is 0. The van der Waals surface area contributed by atoms with Crippen molar-refractivity contribution in [3.05, 3.63) is 39.4 Å². The fraction of sp³-hybridized carbons (Fsp3) is 0.333. The van der Waals surface area contributed by atoms with Crippen LogP contribution in [0.5, 0.6) is 0 Å². The normalized spacial score (nSPS) is 14.1. The van der Waals surface area contributed by atoms with E-state index >= 15 is 0 Å². The number of carbonyl (C=O) groups excluding carboxylic acids is 1. The molecule has 1 aliphatic heterocycles. The van der Waals surface area contributed by atoms with Gasteiger partial charge in [-0.15, -0.1) is 17.5 Å². The summed E-state index contributed by atoms with van der Waals surface area (Å²) in [6.45, 7) is 2.18. The molecule has 0 aliphatic carbocycles. The van der Waals surface area contributed by atoms with Crippen molar-refractivity contribution in [2.24, 2.45) is 5.10 Å². The number of hydrogen-bond acceptors (Lipinski definition) is 12. The highest BCUT2D eigenvalue weighted by molar-refractivity contribution is 5.94. The maximum atomic E-state index is 12.8. The van der Waals surface area contributed by atoms with Crippen molar-refractivity contribution < 1.29 is 18.8 Å². The highest BCUT2D eigenvalue weighted by atomic mass is 35.5. The first-order valence-corrected chi connectivity index (χ1v) is 8.86. The summed E-state index contributed by atoms with van der Waals surface area (Å²) in [5.41, 5.74) is 8.51. The van der Waals surface area contributed by atoms with Crippen molar-refractivity contribution in [1.82, 2.24) is 35.6 Å². The fourth-order valence-electron chi connectivity index (χ4n) is 3.00. The second-order valence-electron chi connectivity index (χ2n) is 6.39. The number of hydrogen-bond donors (Lipinski definition) is 2. The molecule has 15 nitrogen and oxygen atoms in total. The molecule has 1 aliphatic rings. The fourth-order valence-corrected chi connectivity index (χ4v) is 3.00. The second-order valence-corrected chi connectivity index (χ2v) is 6.39. The first-order valence-electron chi connectivity index (χ1n) is 8.86. The molecule has 0 aromatic carbocycles. The lowest BCUT2D eigenvalue weighted by atomic mass is 10.3. The van der Waals surface area contributed by atoms with Gasteiger partial charge in [0.15, 0.2) is 11.5 Å². The van der Waals surface area contributed by atoms with E-state index in [0.29, 0.717) is 12.2 Å². The van der Waals surface area contributed by atoms with Gasteiger partial charge < -0.3 is 10.2 Å². The van der Waals surface area contributed by atoms with Crippen LogP contribution >= 0.6 is 12.4 Å². The van der Waals surface area contributed by atoms with E-state index < -0.39 is 16.7 Å². The molecule has 31 heavy (non-hydrogen) atoms. The number of aromatic nitrogens is 5. The first-order chi connectivity index (χ1) is 14.5. The molecule has 0 bridgehead atoms. The third-order valence-corrected chi connectivity index (χ3v) is 4.37. The summed E-state index contributed by atoms with van der Waals surface area (Å²) in [5, 5.41) is 29.6. The number of nitrogen functional groups attached to an aromatic ring is 1. The van der Waals surface area contributed by atoms with Gasteiger partial charge in [-0.25, -0.2) is 10.1 Å². The number of anilines is 1. The Morgan fingerprint density at radius 2 is 2.13 bits per heavy atom. The number of hydrazone groups is 1. The van der Waals surface area contributed by atoms with Crippen LogP contribution in [-0.4, -0.2) is 60.3 Å². The van der Waals surface area contributed by atoms with E-state index in [0.717, 1.165) is 36.8 Å². The number of nitrogens with one attached hydrogen (secondary N) is 1. The van der Waals surface area contributed by atoms with Gasteiger partial charge in [0.2, 0.25) is 11.6 Å². The Labute approximate surface area is 179 Å². The summed E-state index contributed by atoms with van der Waals surface area (Å²) in [6, 6.07) is 2.52. The molecule has 4 heterocycles. The van der Waals surface area contributed by atoms with Crippen LogP contribution < -0.4 is 11.2 Å². The van der Waals surface area contributed by atoms with Crippen molar-refractivity contribution in [2.45, 2.75) is 19.4 Å². The molecular formula is C15H17ClN10O5. The zero-order chi connectivity index (χ0) is 21.1. The molecule has 0 spiro atoms. The van der Waals surface area contributed by atoms with Crippen molar-refractivity contribution in [3.63, 3.8) is 0 Å². The maximum Gasteiger partial charge on any atom is 0.433 e. The van der Waals surface area contributed by atoms with Gasteiger partial charge in [-0.1, -0.05) is 5.21 Å². The number of nitrogens with zero attached hydrogens (tertiary/aromatic N) is 8. The van der Waals surface area contributed by atoms with Crippen LogP contribution in [0.2, 0.25) is 0 Å². The average Bonchev–Trinajstić information content (AvgIpc) is 3.49. The molecule has 4 rings (SSSR count). The molecule has 1 fully saturated rings.